The Balaban J connectivity index is 1.43. The first-order chi connectivity index (χ1) is 15.6. The minimum absolute atomic E-state index is 0.0654. The van der Waals surface area contributed by atoms with E-state index in [1.807, 2.05) is 49.4 Å². The number of hydrogen-bond donors (Lipinski definition) is 1. The normalized spacial score (nSPS) is 10.8. The molecule has 0 aliphatic heterocycles. The predicted molar refractivity (Wildman–Crippen MR) is 128 cm³/mol. The molecule has 1 heterocycles. The summed E-state index contributed by atoms with van der Waals surface area (Å²) < 4.78 is 11.5. The van der Waals surface area contributed by atoms with E-state index in [4.69, 9.17) is 9.15 Å². The van der Waals surface area contributed by atoms with Crippen LogP contribution in [0.2, 0.25) is 0 Å². The summed E-state index contributed by atoms with van der Waals surface area (Å²) in [5.74, 6) is 0.979. The molecule has 3 aromatic carbocycles. The quantitative estimate of drug-likeness (QED) is 0.391. The average Bonchev–Trinajstić information content (AvgIpc) is 3.23. The van der Waals surface area contributed by atoms with E-state index in [9.17, 15) is 4.79 Å². The molecular weight excluding hydrogens is 402 g/mol. The van der Waals surface area contributed by atoms with Crippen LogP contribution in [0.5, 0.6) is 5.75 Å². The van der Waals surface area contributed by atoms with Gasteiger partial charge in [0.1, 0.15) is 11.3 Å². The summed E-state index contributed by atoms with van der Waals surface area (Å²) in [5.41, 5.74) is 5.22. The smallest absolute Gasteiger partial charge is 0.262 e. The predicted octanol–water partition coefficient (Wildman–Crippen LogP) is 5.67. The van der Waals surface area contributed by atoms with Gasteiger partial charge >= 0.3 is 0 Å². The van der Waals surface area contributed by atoms with Gasteiger partial charge < -0.3 is 19.4 Å². The Morgan fingerprint density at radius 1 is 1.00 bits per heavy atom. The van der Waals surface area contributed by atoms with Crippen LogP contribution >= 0.6 is 0 Å². The molecule has 0 saturated carbocycles. The van der Waals surface area contributed by atoms with Gasteiger partial charge in [-0.15, -0.1) is 0 Å². The van der Waals surface area contributed by atoms with Crippen LogP contribution in [-0.4, -0.2) is 30.6 Å². The number of amides is 1. The van der Waals surface area contributed by atoms with Crippen molar-refractivity contribution in [1.29, 1.82) is 0 Å². The number of benzene rings is 3. The number of carbonyl (C=O) groups is 1. The highest BCUT2D eigenvalue weighted by atomic mass is 16.5. The Morgan fingerprint density at radius 2 is 1.72 bits per heavy atom. The standard InChI is InChI=1S/C26H27N3O3/c1-4-29(5-2)21-11-8-19(9-12-21)26-28-23-16-20(10-15-24(23)32-26)27-25(30)17-31-22-13-6-18(3)7-14-22/h6-16H,4-5,17H2,1-3H3,(H,27,30). The molecule has 0 aliphatic carbocycles. The maximum atomic E-state index is 12.3. The minimum atomic E-state index is -0.236. The van der Waals surface area contributed by atoms with E-state index in [0.29, 0.717) is 28.4 Å². The zero-order valence-corrected chi connectivity index (χ0v) is 18.6. The Kier molecular flexibility index (Phi) is 6.40. The summed E-state index contributed by atoms with van der Waals surface area (Å²) in [6.45, 7) is 8.15. The maximum Gasteiger partial charge on any atom is 0.262 e. The molecule has 6 nitrogen and oxygen atoms in total. The third-order valence-electron chi connectivity index (χ3n) is 5.31. The van der Waals surface area contributed by atoms with Gasteiger partial charge in [0.05, 0.1) is 0 Å². The zero-order chi connectivity index (χ0) is 22.5. The third-order valence-corrected chi connectivity index (χ3v) is 5.31. The molecule has 0 saturated heterocycles. The van der Waals surface area contributed by atoms with Crippen molar-refractivity contribution in [3.63, 3.8) is 0 Å². The Hall–Kier alpha value is -3.80. The zero-order valence-electron chi connectivity index (χ0n) is 18.6. The molecule has 1 aromatic heterocycles. The highest BCUT2D eigenvalue weighted by molar-refractivity contribution is 5.94. The molecule has 0 spiro atoms. The minimum Gasteiger partial charge on any atom is -0.484 e. The molecule has 0 unspecified atom stereocenters. The fraction of sp³-hybridized carbons (Fsp3) is 0.231. The van der Waals surface area contributed by atoms with Crippen molar-refractivity contribution < 1.29 is 13.9 Å². The molecular formula is C26H27N3O3. The van der Waals surface area contributed by atoms with Crippen molar-refractivity contribution >= 4 is 28.4 Å². The Labute approximate surface area is 187 Å². The highest BCUT2D eigenvalue weighted by Crippen LogP contribution is 2.28. The third kappa shape index (κ3) is 4.91. The largest absolute Gasteiger partial charge is 0.484 e. The lowest BCUT2D eigenvalue weighted by Crippen LogP contribution is -2.21. The van der Waals surface area contributed by atoms with Crippen molar-refractivity contribution in [2.24, 2.45) is 0 Å². The molecule has 0 radical (unpaired) electrons. The number of aromatic nitrogens is 1. The molecule has 0 bridgehead atoms. The number of ether oxygens (including phenoxy) is 1. The summed E-state index contributed by atoms with van der Waals surface area (Å²) in [6, 6.07) is 21.2. The van der Waals surface area contributed by atoms with Crippen LogP contribution in [0.4, 0.5) is 11.4 Å². The van der Waals surface area contributed by atoms with Crippen molar-refractivity contribution in [1.82, 2.24) is 4.98 Å². The second-order valence-electron chi connectivity index (χ2n) is 7.57. The van der Waals surface area contributed by atoms with Crippen LogP contribution in [0.15, 0.2) is 71.1 Å². The van der Waals surface area contributed by atoms with Crippen LogP contribution in [-0.2, 0) is 4.79 Å². The average molecular weight is 430 g/mol. The molecule has 1 N–H and O–H groups in total. The molecule has 0 aliphatic rings. The molecule has 0 atom stereocenters. The van der Waals surface area contributed by atoms with Crippen LogP contribution in [0, 0.1) is 6.92 Å². The number of carbonyl (C=O) groups excluding carboxylic acids is 1. The van der Waals surface area contributed by atoms with E-state index < -0.39 is 0 Å². The van der Waals surface area contributed by atoms with Crippen molar-refractivity contribution in [2.75, 3.05) is 29.9 Å². The van der Waals surface area contributed by atoms with E-state index in [2.05, 4.69) is 41.2 Å². The summed E-state index contributed by atoms with van der Waals surface area (Å²) >= 11 is 0. The second-order valence-corrected chi connectivity index (χ2v) is 7.57. The fourth-order valence-corrected chi connectivity index (χ4v) is 3.51. The Bertz CT molecular complexity index is 1190. The van der Waals surface area contributed by atoms with Crippen molar-refractivity contribution in [2.45, 2.75) is 20.8 Å². The lowest BCUT2D eigenvalue weighted by Gasteiger charge is -2.20. The van der Waals surface area contributed by atoms with Gasteiger partial charge in [-0.1, -0.05) is 17.7 Å². The number of rotatable bonds is 8. The van der Waals surface area contributed by atoms with Crippen LogP contribution < -0.4 is 15.0 Å². The number of aryl methyl sites for hydroxylation is 1. The van der Waals surface area contributed by atoms with Gasteiger partial charge in [-0.2, -0.15) is 0 Å². The van der Waals surface area contributed by atoms with Gasteiger partial charge in [-0.05, 0) is 75.4 Å². The topological polar surface area (TPSA) is 67.6 Å². The number of hydrogen-bond acceptors (Lipinski definition) is 5. The molecule has 6 heteroatoms. The number of nitrogens with zero attached hydrogens (tertiary/aromatic N) is 2. The van der Waals surface area contributed by atoms with E-state index >= 15 is 0 Å². The van der Waals surface area contributed by atoms with Gasteiger partial charge in [0.15, 0.2) is 12.2 Å². The van der Waals surface area contributed by atoms with Crippen LogP contribution in [0.3, 0.4) is 0 Å². The van der Waals surface area contributed by atoms with E-state index in [0.717, 1.165) is 24.2 Å². The van der Waals surface area contributed by atoms with Crippen LogP contribution in [0.25, 0.3) is 22.6 Å². The van der Waals surface area contributed by atoms with E-state index in [1.165, 1.54) is 5.69 Å². The molecule has 164 valence electrons. The SMILES string of the molecule is CCN(CC)c1ccc(-c2nc3cc(NC(=O)COc4ccc(C)cc4)ccc3o2)cc1. The molecule has 1 amide bonds. The first kappa shape index (κ1) is 21.4. The number of oxazole rings is 1. The van der Waals surface area contributed by atoms with Gasteiger partial charge in [0.25, 0.3) is 5.91 Å². The van der Waals surface area contributed by atoms with Gasteiger partial charge in [-0.25, -0.2) is 4.98 Å². The van der Waals surface area contributed by atoms with Crippen molar-refractivity contribution in [3.8, 4) is 17.2 Å². The molecule has 32 heavy (non-hydrogen) atoms. The maximum absolute atomic E-state index is 12.3. The summed E-state index contributed by atoms with van der Waals surface area (Å²) in [5, 5.41) is 2.85. The first-order valence-electron chi connectivity index (χ1n) is 10.8. The Morgan fingerprint density at radius 3 is 2.41 bits per heavy atom. The van der Waals surface area contributed by atoms with Gasteiger partial charge in [0, 0.05) is 30.0 Å². The number of anilines is 2. The van der Waals surface area contributed by atoms with Gasteiger partial charge in [-0.3, -0.25) is 4.79 Å². The lowest BCUT2D eigenvalue weighted by molar-refractivity contribution is -0.118. The summed E-state index contributed by atoms with van der Waals surface area (Å²) in [4.78, 5) is 19.2. The summed E-state index contributed by atoms with van der Waals surface area (Å²) in [6.07, 6.45) is 0. The lowest BCUT2D eigenvalue weighted by atomic mass is 10.2. The summed E-state index contributed by atoms with van der Waals surface area (Å²) in [7, 11) is 0. The highest BCUT2D eigenvalue weighted by Gasteiger charge is 2.11. The molecule has 4 aromatic rings. The second kappa shape index (κ2) is 9.56. The number of nitrogens with one attached hydrogen (secondary N) is 1. The van der Waals surface area contributed by atoms with Crippen molar-refractivity contribution in [3.05, 3.63) is 72.3 Å². The van der Waals surface area contributed by atoms with Crippen LogP contribution in [0.1, 0.15) is 19.4 Å². The molecule has 0 fully saturated rings. The number of fused-ring (bicyclic) bond motifs is 1. The van der Waals surface area contributed by atoms with E-state index in [-0.39, 0.29) is 12.5 Å². The first-order valence-corrected chi connectivity index (χ1v) is 10.8. The van der Waals surface area contributed by atoms with Gasteiger partial charge in [0.2, 0.25) is 5.89 Å². The fourth-order valence-electron chi connectivity index (χ4n) is 3.51. The monoisotopic (exact) mass is 429 g/mol. The van der Waals surface area contributed by atoms with E-state index in [1.54, 1.807) is 12.1 Å². The molecule has 4 rings (SSSR count).